The highest BCUT2D eigenvalue weighted by molar-refractivity contribution is 7.89. The first kappa shape index (κ1) is 19.4. The van der Waals surface area contributed by atoms with E-state index in [2.05, 4.69) is 15.0 Å². The van der Waals surface area contributed by atoms with Gasteiger partial charge in [0.05, 0.1) is 16.3 Å². The van der Waals surface area contributed by atoms with Crippen molar-refractivity contribution in [3.8, 4) is 11.4 Å². The summed E-state index contributed by atoms with van der Waals surface area (Å²) in [6.45, 7) is 2.05. The zero-order chi connectivity index (χ0) is 20.6. The van der Waals surface area contributed by atoms with Crippen LogP contribution in [-0.2, 0) is 10.0 Å². The number of rotatable bonds is 4. The predicted molar refractivity (Wildman–Crippen MR) is 105 cm³/mol. The van der Waals surface area contributed by atoms with Crippen molar-refractivity contribution in [2.45, 2.75) is 24.2 Å². The van der Waals surface area contributed by atoms with Crippen molar-refractivity contribution in [3.05, 3.63) is 76.2 Å². The van der Waals surface area contributed by atoms with E-state index >= 15 is 0 Å². The zero-order valence-electron chi connectivity index (χ0n) is 15.7. The van der Waals surface area contributed by atoms with Crippen molar-refractivity contribution in [3.63, 3.8) is 0 Å². The van der Waals surface area contributed by atoms with Gasteiger partial charge in [-0.15, -0.1) is 0 Å². The number of nitrogens with one attached hydrogen (secondary N) is 1. The molecule has 0 aliphatic carbocycles. The van der Waals surface area contributed by atoms with Crippen molar-refractivity contribution in [1.82, 2.24) is 19.3 Å². The molecule has 9 heteroatoms. The molecule has 0 bridgehead atoms. The fourth-order valence-electron chi connectivity index (χ4n) is 3.53. The minimum atomic E-state index is -3.76. The van der Waals surface area contributed by atoms with Crippen molar-refractivity contribution in [1.29, 1.82) is 0 Å². The molecule has 3 aromatic rings. The third kappa shape index (κ3) is 3.83. The predicted octanol–water partition coefficient (Wildman–Crippen LogP) is 2.46. The molecule has 0 radical (unpaired) electrons. The molecular weight excluding hydrogens is 395 g/mol. The molecule has 29 heavy (non-hydrogen) atoms. The number of H-pyrrole nitrogens is 1. The minimum absolute atomic E-state index is 0.0863. The Bertz CT molecular complexity index is 1210. The quantitative estimate of drug-likeness (QED) is 0.708. The van der Waals surface area contributed by atoms with Crippen molar-refractivity contribution >= 4 is 10.0 Å². The van der Waals surface area contributed by atoms with Crippen LogP contribution in [0.1, 0.15) is 23.7 Å². The monoisotopic (exact) mass is 414 g/mol. The Morgan fingerprint density at radius 2 is 2.00 bits per heavy atom. The molecule has 1 aliphatic rings. The first-order valence-electron chi connectivity index (χ1n) is 9.13. The summed E-state index contributed by atoms with van der Waals surface area (Å²) < 4.78 is 40.7. The number of nitrogens with zero attached hydrogens (tertiary/aromatic N) is 3. The number of benzene rings is 1. The number of hydrogen-bond acceptors (Lipinski definition) is 5. The second-order valence-electron chi connectivity index (χ2n) is 6.99. The molecule has 1 fully saturated rings. The van der Waals surface area contributed by atoms with Gasteiger partial charge in [0.15, 0.2) is 0 Å². The van der Waals surface area contributed by atoms with Gasteiger partial charge < -0.3 is 4.98 Å². The van der Waals surface area contributed by atoms with E-state index in [1.54, 1.807) is 31.3 Å². The maximum Gasteiger partial charge on any atom is 0.251 e. The molecule has 0 amide bonds. The molecular formula is C20H19FN4O3S. The summed E-state index contributed by atoms with van der Waals surface area (Å²) >= 11 is 0. The largest absolute Gasteiger partial charge is 0.310 e. The van der Waals surface area contributed by atoms with Crippen LogP contribution >= 0.6 is 0 Å². The van der Waals surface area contributed by atoms with Crippen LogP contribution in [0.25, 0.3) is 11.4 Å². The summed E-state index contributed by atoms with van der Waals surface area (Å²) in [4.78, 5) is 23.7. The Balaban J connectivity index is 1.62. The molecule has 1 saturated heterocycles. The van der Waals surface area contributed by atoms with Gasteiger partial charge in [0, 0.05) is 31.3 Å². The van der Waals surface area contributed by atoms with Crippen molar-refractivity contribution < 1.29 is 12.8 Å². The number of pyridine rings is 1. The van der Waals surface area contributed by atoms with E-state index in [1.807, 2.05) is 0 Å². The van der Waals surface area contributed by atoms with Crippen LogP contribution < -0.4 is 5.56 Å². The summed E-state index contributed by atoms with van der Waals surface area (Å²) in [5.41, 5.74) is 1.06. The lowest BCUT2D eigenvalue weighted by molar-refractivity contribution is 0.470. The summed E-state index contributed by atoms with van der Waals surface area (Å²) in [6.07, 6.45) is 2.14. The van der Waals surface area contributed by atoms with E-state index in [0.717, 1.165) is 6.07 Å². The molecule has 1 N–H and O–H groups in total. The third-order valence-electron chi connectivity index (χ3n) is 4.98. The van der Waals surface area contributed by atoms with Gasteiger partial charge in [-0.1, -0.05) is 6.07 Å². The van der Waals surface area contributed by atoms with Crippen LogP contribution in [0.15, 0.2) is 58.4 Å². The molecule has 1 aromatic carbocycles. The molecule has 0 saturated carbocycles. The van der Waals surface area contributed by atoms with Gasteiger partial charge >= 0.3 is 0 Å². The van der Waals surface area contributed by atoms with Gasteiger partial charge in [-0.25, -0.2) is 17.8 Å². The molecule has 4 rings (SSSR count). The number of aromatic nitrogens is 3. The topological polar surface area (TPSA) is 96.0 Å². The molecule has 1 atom stereocenters. The SMILES string of the molecule is Cc1cc(F)ccc1S(=O)(=O)N1CC[C@H](c2nc(-c3ccccn3)cc(=O)[nH]2)C1. The van der Waals surface area contributed by atoms with Gasteiger partial charge in [-0.2, -0.15) is 4.31 Å². The Morgan fingerprint density at radius 3 is 2.72 bits per heavy atom. The minimum Gasteiger partial charge on any atom is -0.310 e. The lowest BCUT2D eigenvalue weighted by Crippen LogP contribution is -2.29. The van der Waals surface area contributed by atoms with E-state index in [-0.39, 0.29) is 22.9 Å². The van der Waals surface area contributed by atoms with Gasteiger partial charge in [-0.3, -0.25) is 9.78 Å². The number of aromatic amines is 1. The maximum atomic E-state index is 13.4. The summed E-state index contributed by atoms with van der Waals surface area (Å²) in [5.74, 6) is -0.289. The van der Waals surface area contributed by atoms with Crippen LogP contribution in [0.3, 0.4) is 0 Å². The third-order valence-corrected chi connectivity index (χ3v) is 7.01. The highest BCUT2D eigenvalue weighted by Crippen LogP contribution is 2.31. The van der Waals surface area contributed by atoms with Gasteiger partial charge in [0.2, 0.25) is 10.0 Å². The van der Waals surface area contributed by atoms with Crippen LogP contribution in [0.5, 0.6) is 0 Å². The highest BCUT2D eigenvalue weighted by atomic mass is 32.2. The molecule has 2 aromatic heterocycles. The summed E-state index contributed by atoms with van der Waals surface area (Å²) in [7, 11) is -3.76. The van der Waals surface area contributed by atoms with Crippen molar-refractivity contribution in [2.24, 2.45) is 0 Å². The first-order chi connectivity index (χ1) is 13.8. The van der Waals surface area contributed by atoms with Gasteiger partial charge in [-0.05, 0) is 49.2 Å². The zero-order valence-corrected chi connectivity index (χ0v) is 16.5. The van der Waals surface area contributed by atoms with E-state index in [0.29, 0.717) is 35.7 Å². The normalized spacial score (nSPS) is 17.5. The fraction of sp³-hybridized carbons (Fsp3) is 0.250. The number of halogens is 1. The lowest BCUT2D eigenvalue weighted by Gasteiger charge is -2.18. The molecule has 1 aliphatic heterocycles. The fourth-order valence-corrected chi connectivity index (χ4v) is 5.23. The Labute approximate surface area is 167 Å². The van der Waals surface area contributed by atoms with Crippen LogP contribution in [0, 0.1) is 12.7 Å². The Morgan fingerprint density at radius 1 is 1.17 bits per heavy atom. The van der Waals surface area contributed by atoms with E-state index in [9.17, 15) is 17.6 Å². The van der Waals surface area contributed by atoms with Gasteiger partial charge in [0.1, 0.15) is 11.6 Å². The molecule has 7 nitrogen and oxygen atoms in total. The first-order valence-corrected chi connectivity index (χ1v) is 10.6. The lowest BCUT2D eigenvalue weighted by atomic mass is 10.1. The Hall–Kier alpha value is -2.91. The molecule has 3 heterocycles. The molecule has 0 unspecified atom stereocenters. The average Bonchev–Trinajstić information content (AvgIpc) is 3.19. The van der Waals surface area contributed by atoms with Crippen LogP contribution in [0.2, 0.25) is 0 Å². The molecule has 0 spiro atoms. The standard InChI is InChI=1S/C20H19FN4O3S/c1-13-10-15(21)5-6-18(13)29(27,28)25-9-7-14(12-25)20-23-17(11-19(26)24-20)16-4-2-3-8-22-16/h2-6,8,10-11,14H,7,9,12H2,1H3,(H,23,24,26)/t14-/m0/s1. The number of aryl methyl sites for hydroxylation is 1. The number of sulfonamides is 1. The van der Waals surface area contributed by atoms with Crippen LogP contribution in [-0.4, -0.2) is 40.8 Å². The maximum absolute atomic E-state index is 13.4. The second kappa shape index (κ2) is 7.49. The van der Waals surface area contributed by atoms with Crippen molar-refractivity contribution in [2.75, 3.05) is 13.1 Å². The van der Waals surface area contributed by atoms with Gasteiger partial charge in [0.25, 0.3) is 5.56 Å². The highest BCUT2D eigenvalue weighted by Gasteiger charge is 2.35. The molecule has 150 valence electrons. The van der Waals surface area contributed by atoms with E-state index < -0.39 is 15.8 Å². The second-order valence-corrected chi connectivity index (χ2v) is 8.90. The van der Waals surface area contributed by atoms with E-state index in [1.165, 1.54) is 22.5 Å². The summed E-state index contributed by atoms with van der Waals surface area (Å²) in [6, 6.07) is 10.3. The number of hydrogen-bond donors (Lipinski definition) is 1. The van der Waals surface area contributed by atoms with Crippen LogP contribution in [0.4, 0.5) is 4.39 Å². The summed E-state index contributed by atoms with van der Waals surface area (Å²) in [5, 5.41) is 0. The van der Waals surface area contributed by atoms with E-state index in [4.69, 9.17) is 0 Å². The smallest absolute Gasteiger partial charge is 0.251 e. The Kier molecular flexibility index (Phi) is 5.01. The average molecular weight is 414 g/mol.